The van der Waals surface area contributed by atoms with Gasteiger partial charge in [-0.15, -0.1) is 0 Å². The molecule has 3 fully saturated rings. The fraction of sp³-hybridized carbons (Fsp3) is 0.406. The summed E-state index contributed by atoms with van der Waals surface area (Å²) in [6.07, 6.45) is 4.56. The van der Waals surface area contributed by atoms with E-state index in [4.69, 9.17) is 30.8 Å². The lowest BCUT2D eigenvalue weighted by molar-refractivity contribution is -0.0717. The molecule has 2 aromatic carbocycles. The number of carboxylic acid groups (broad SMARTS) is 1. The molecule has 4 atom stereocenters. The molecule has 8 rings (SSSR count). The topological polar surface area (TPSA) is 102 Å². The van der Waals surface area contributed by atoms with Crippen LogP contribution < -0.4 is 14.4 Å². The molecule has 1 saturated carbocycles. The maximum atomic E-state index is 15.1. The maximum Gasteiger partial charge on any atom is 0.335 e. The molecule has 12 heteroatoms. The SMILES string of the molecule is C[C@]1(c2ccc(Cl)cn2)Oc2cccc(N3CCN(Cc4nc5c(F)cc(C(=O)O)cc5n4C[C@@H]4CCO4)[C@H]4CC[C@@H]43)c2O1. The Labute approximate surface area is 257 Å². The number of ether oxygens (including phenoxy) is 3. The van der Waals surface area contributed by atoms with Crippen molar-refractivity contribution in [3.8, 4) is 11.5 Å². The Morgan fingerprint density at radius 3 is 2.68 bits per heavy atom. The van der Waals surface area contributed by atoms with Gasteiger partial charge >= 0.3 is 5.97 Å². The van der Waals surface area contributed by atoms with Gasteiger partial charge in [0.25, 0.3) is 5.79 Å². The number of hydrogen-bond acceptors (Lipinski definition) is 8. The zero-order chi connectivity index (χ0) is 30.2. The van der Waals surface area contributed by atoms with E-state index in [1.807, 2.05) is 29.7 Å². The second kappa shape index (κ2) is 10.3. The van der Waals surface area contributed by atoms with Crippen LogP contribution in [0.15, 0.2) is 48.7 Å². The monoisotopic (exact) mass is 619 g/mol. The van der Waals surface area contributed by atoms with Gasteiger partial charge in [0.05, 0.1) is 41.0 Å². The van der Waals surface area contributed by atoms with Gasteiger partial charge in [-0.05, 0) is 55.7 Å². The molecule has 5 heterocycles. The second-order valence-electron chi connectivity index (χ2n) is 12.0. The van der Waals surface area contributed by atoms with Crippen molar-refractivity contribution in [2.24, 2.45) is 0 Å². The van der Waals surface area contributed by atoms with E-state index < -0.39 is 17.6 Å². The third-order valence-electron chi connectivity index (χ3n) is 9.42. The third kappa shape index (κ3) is 4.48. The quantitative estimate of drug-likeness (QED) is 0.299. The van der Waals surface area contributed by atoms with Gasteiger partial charge in [-0.3, -0.25) is 9.88 Å². The number of benzene rings is 2. The van der Waals surface area contributed by atoms with Crippen molar-refractivity contribution in [1.29, 1.82) is 0 Å². The molecule has 1 N–H and O–H groups in total. The van der Waals surface area contributed by atoms with Crippen LogP contribution in [0.25, 0.3) is 11.0 Å². The maximum absolute atomic E-state index is 15.1. The van der Waals surface area contributed by atoms with Crippen LogP contribution >= 0.6 is 11.6 Å². The predicted molar refractivity (Wildman–Crippen MR) is 160 cm³/mol. The minimum absolute atomic E-state index is 0.00662. The number of aromatic carboxylic acids is 1. The summed E-state index contributed by atoms with van der Waals surface area (Å²) in [6, 6.07) is 12.7. The highest BCUT2D eigenvalue weighted by Crippen LogP contribution is 2.51. The van der Waals surface area contributed by atoms with Crippen LogP contribution in [-0.2, 0) is 23.6 Å². The number of hydrogen-bond donors (Lipinski definition) is 1. The third-order valence-corrected chi connectivity index (χ3v) is 9.64. The van der Waals surface area contributed by atoms with Crippen LogP contribution in [-0.4, -0.2) is 68.4 Å². The van der Waals surface area contributed by atoms with E-state index in [1.54, 1.807) is 12.3 Å². The molecule has 228 valence electrons. The van der Waals surface area contributed by atoms with Gasteiger partial charge in [-0.25, -0.2) is 14.2 Å². The molecule has 44 heavy (non-hydrogen) atoms. The lowest BCUT2D eigenvalue weighted by Crippen LogP contribution is -2.64. The number of imidazole rings is 1. The van der Waals surface area contributed by atoms with Crippen molar-refractivity contribution < 1.29 is 28.5 Å². The lowest BCUT2D eigenvalue weighted by Gasteiger charge is -2.54. The molecular weight excluding hydrogens is 589 g/mol. The van der Waals surface area contributed by atoms with Gasteiger partial charge in [-0.1, -0.05) is 17.7 Å². The highest BCUT2D eigenvalue weighted by molar-refractivity contribution is 6.30. The number of para-hydroxylation sites is 1. The van der Waals surface area contributed by atoms with E-state index >= 15 is 4.39 Å². The van der Waals surface area contributed by atoms with Crippen molar-refractivity contribution >= 4 is 34.3 Å². The van der Waals surface area contributed by atoms with E-state index in [-0.39, 0.29) is 29.3 Å². The van der Waals surface area contributed by atoms with Gasteiger partial charge in [0.15, 0.2) is 17.3 Å². The van der Waals surface area contributed by atoms with Crippen LogP contribution in [0.3, 0.4) is 0 Å². The Morgan fingerprint density at radius 2 is 1.98 bits per heavy atom. The Balaban J connectivity index is 1.06. The fourth-order valence-electron chi connectivity index (χ4n) is 6.90. The number of nitrogens with zero attached hydrogens (tertiary/aromatic N) is 5. The van der Waals surface area contributed by atoms with Crippen molar-refractivity contribution in [1.82, 2.24) is 19.4 Å². The van der Waals surface area contributed by atoms with Crippen LogP contribution in [0.1, 0.15) is 48.1 Å². The predicted octanol–water partition coefficient (Wildman–Crippen LogP) is 5.21. The second-order valence-corrected chi connectivity index (χ2v) is 12.5. The molecule has 1 aliphatic carbocycles. The molecule has 3 aliphatic heterocycles. The minimum Gasteiger partial charge on any atom is -0.478 e. The summed E-state index contributed by atoms with van der Waals surface area (Å²) < 4.78 is 35.5. The summed E-state index contributed by atoms with van der Waals surface area (Å²) in [7, 11) is 0. The number of fused-ring (bicyclic) bond motifs is 3. The smallest absolute Gasteiger partial charge is 0.335 e. The molecule has 0 radical (unpaired) electrons. The van der Waals surface area contributed by atoms with E-state index in [0.29, 0.717) is 47.4 Å². The zero-order valence-corrected chi connectivity index (χ0v) is 24.8. The largest absolute Gasteiger partial charge is 0.478 e. The number of carboxylic acids is 1. The first kappa shape index (κ1) is 27.6. The number of carbonyl (C=O) groups is 1. The highest BCUT2D eigenvalue weighted by atomic mass is 35.5. The molecule has 10 nitrogen and oxygen atoms in total. The number of anilines is 1. The standard InChI is InChI=1S/C32H31ClFN5O5/c1-32(27-8-5-19(33)15-35-27)43-26-4-2-3-24(30(26)44-32)38-11-10-37(22-6-7-23(22)38)17-28-36-29-21(34)13-18(31(40)41)14-25(29)39(28)16-20-9-12-42-20/h2-5,8,13-15,20,22-23H,6-7,9-12,16-17H2,1H3,(H,40,41)/t20-,22-,23-,32-/m0/s1. The molecule has 0 spiro atoms. The van der Waals surface area contributed by atoms with Crippen LogP contribution in [0.2, 0.25) is 5.02 Å². The molecule has 2 saturated heterocycles. The van der Waals surface area contributed by atoms with Gasteiger partial charge in [0.2, 0.25) is 0 Å². The first-order chi connectivity index (χ1) is 21.3. The molecule has 4 aromatic rings. The van der Waals surface area contributed by atoms with E-state index in [1.165, 1.54) is 6.07 Å². The minimum atomic E-state index is -1.17. The Hall–Kier alpha value is -3.93. The van der Waals surface area contributed by atoms with Crippen molar-refractivity contribution in [2.75, 3.05) is 24.6 Å². The van der Waals surface area contributed by atoms with Crippen LogP contribution in [0.4, 0.5) is 10.1 Å². The molecular formula is C32H31ClFN5O5. The van der Waals surface area contributed by atoms with Crippen molar-refractivity contribution in [3.63, 3.8) is 0 Å². The highest BCUT2D eigenvalue weighted by Gasteiger charge is 2.47. The average molecular weight is 620 g/mol. The summed E-state index contributed by atoms with van der Waals surface area (Å²) in [5.41, 5.74) is 2.23. The molecule has 0 bridgehead atoms. The molecule has 4 aliphatic rings. The zero-order valence-electron chi connectivity index (χ0n) is 24.1. The van der Waals surface area contributed by atoms with Gasteiger partial charge in [0, 0.05) is 44.9 Å². The van der Waals surface area contributed by atoms with Crippen molar-refractivity contribution in [2.45, 2.75) is 63.3 Å². The number of pyridine rings is 1. The van der Waals surface area contributed by atoms with E-state index in [9.17, 15) is 9.90 Å². The number of aromatic nitrogens is 3. The summed E-state index contributed by atoms with van der Waals surface area (Å²) >= 11 is 6.06. The average Bonchev–Trinajstić information content (AvgIpc) is 3.49. The van der Waals surface area contributed by atoms with Gasteiger partial charge in [0.1, 0.15) is 17.0 Å². The normalized spacial score (nSPS) is 25.9. The van der Waals surface area contributed by atoms with E-state index in [2.05, 4.69) is 20.9 Å². The molecule has 2 aromatic heterocycles. The molecule has 0 amide bonds. The summed E-state index contributed by atoms with van der Waals surface area (Å²) in [4.78, 5) is 25.7. The van der Waals surface area contributed by atoms with Crippen LogP contribution in [0.5, 0.6) is 11.5 Å². The lowest BCUT2D eigenvalue weighted by atomic mass is 9.81. The molecule has 0 unspecified atom stereocenters. The van der Waals surface area contributed by atoms with Gasteiger partial charge in [-0.2, -0.15) is 0 Å². The van der Waals surface area contributed by atoms with Gasteiger partial charge < -0.3 is 28.8 Å². The van der Waals surface area contributed by atoms with E-state index in [0.717, 1.165) is 49.9 Å². The first-order valence-electron chi connectivity index (χ1n) is 14.9. The Kier molecular flexibility index (Phi) is 6.48. The van der Waals surface area contributed by atoms with Crippen LogP contribution in [0, 0.1) is 5.82 Å². The number of halogens is 2. The van der Waals surface area contributed by atoms with Crippen molar-refractivity contribution in [3.05, 3.63) is 76.6 Å². The number of rotatable bonds is 7. The number of piperazine rings is 1. The Morgan fingerprint density at radius 1 is 1.14 bits per heavy atom. The first-order valence-corrected chi connectivity index (χ1v) is 15.3. The summed E-state index contributed by atoms with van der Waals surface area (Å²) in [5, 5.41) is 10.1. The summed E-state index contributed by atoms with van der Waals surface area (Å²) in [6.45, 7) is 5.14. The summed E-state index contributed by atoms with van der Waals surface area (Å²) in [5.74, 6) is -0.753. The fourth-order valence-corrected chi connectivity index (χ4v) is 7.01. The Bertz CT molecular complexity index is 1780.